The predicted octanol–water partition coefficient (Wildman–Crippen LogP) is 3.10. The minimum Gasteiger partial charge on any atom is -0.465 e. The molecule has 4 nitrogen and oxygen atoms in total. The highest BCUT2D eigenvalue weighted by Gasteiger charge is 2.16. The summed E-state index contributed by atoms with van der Waals surface area (Å²) >= 11 is 0. The van der Waals surface area contributed by atoms with Crippen molar-refractivity contribution in [2.24, 2.45) is 0 Å². The Kier molecular flexibility index (Phi) is 3.77. The van der Waals surface area contributed by atoms with Gasteiger partial charge in [0, 0.05) is 18.4 Å². The van der Waals surface area contributed by atoms with E-state index < -0.39 is 0 Å². The number of furan rings is 1. The molecule has 0 aliphatic rings. The molecule has 0 amide bonds. The van der Waals surface area contributed by atoms with Crippen molar-refractivity contribution in [2.45, 2.75) is 39.8 Å². The van der Waals surface area contributed by atoms with Gasteiger partial charge < -0.3 is 4.42 Å². The Morgan fingerprint density at radius 1 is 1.06 bits per heavy atom. The van der Waals surface area contributed by atoms with Crippen molar-refractivity contribution in [1.29, 1.82) is 0 Å². The minimum atomic E-state index is 0.138. The fraction of sp³-hybridized carbons (Fsp3) is 0.429. The molecule has 0 aliphatic carbocycles. The monoisotopic (exact) mass is 245 g/mol. The maximum absolute atomic E-state index is 5.61. The predicted molar refractivity (Wildman–Crippen MR) is 70.2 cm³/mol. The van der Waals surface area contributed by atoms with Crippen LogP contribution in [0.1, 0.15) is 48.8 Å². The molecule has 0 saturated heterocycles. The average molecular weight is 245 g/mol. The lowest BCUT2D eigenvalue weighted by Gasteiger charge is -2.19. The number of nitrogens with zero attached hydrogens (tertiary/aromatic N) is 2. The molecule has 0 spiro atoms. The Morgan fingerprint density at radius 3 is 2.39 bits per heavy atom. The van der Waals surface area contributed by atoms with E-state index in [0.717, 1.165) is 22.9 Å². The van der Waals surface area contributed by atoms with Crippen LogP contribution in [0, 0.1) is 13.8 Å². The first kappa shape index (κ1) is 12.8. The van der Waals surface area contributed by atoms with E-state index in [0.29, 0.717) is 0 Å². The average Bonchev–Trinajstić information content (AvgIpc) is 2.76. The molecule has 2 aromatic heterocycles. The number of nitrogens with one attached hydrogen (secondary N) is 1. The van der Waals surface area contributed by atoms with Gasteiger partial charge in [0.15, 0.2) is 0 Å². The molecular formula is C14H19N3O. The Labute approximate surface area is 107 Å². The zero-order chi connectivity index (χ0) is 13.1. The van der Waals surface area contributed by atoms with E-state index in [1.165, 1.54) is 0 Å². The molecule has 96 valence electrons. The third kappa shape index (κ3) is 2.76. The highest BCUT2D eigenvalue weighted by molar-refractivity contribution is 5.14. The van der Waals surface area contributed by atoms with E-state index in [-0.39, 0.29) is 12.1 Å². The van der Waals surface area contributed by atoms with E-state index in [2.05, 4.69) is 29.1 Å². The number of rotatable bonds is 4. The highest BCUT2D eigenvalue weighted by Crippen LogP contribution is 2.20. The summed E-state index contributed by atoms with van der Waals surface area (Å²) in [5.41, 5.74) is 1.94. The lowest BCUT2D eigenvalue weighted by atomic mass is 10.1. The lowest BCUT2D eigenvalue weighted by molar-refractivity contribution is 0.389. The summed E-state index contributed by atoms with van der Waals surface area (Å²) in [6.45, 7) is 8.10. The molecule has 0 bridgehead atoms. The van der Waals surface area contributed by atoms with Crippen LogP contribution in [-0.4, -0.2) is 9.97 Å². The van der Waals surface area contributed by atoms with Gasteiger partial charge in [0.05, 0.1) is 17.4 Å². The second kappa shape index (κ2) is 5.31. The first-order chi connectivity index (χ1) is 8.58. The molecule has 0 aliphatic heterocycles. The molecule has 2 unspecified atom stereocenters. The molecule has 2 aromatic rings. The summed E-state index contributed by atoms with van der Waals surface area (Å²) in [5.74, 6) is 1.88. The van der Waals surface area contributed by atoms with E-state index in [1.807, 2.05) is 26.0 Å². The molecule has 2 atom stereocenters. The quantitative estimate of drug-likeness (QED) is 0.899. The second-order valence-corrected chi connectivity index (χ2v) is 4.59. The van der Waals surface area contributed by atoms with Crippen molar-refractivity contribution in [2.75, 3.05) is 0 Å². The summed E-state index contributed by atoms with van der Waals surface area (Å²) in [4.78, 5) is 8.63. The molecule has 0 aromatic carbocycles. The first-order valence-corrected chi connectivity index (χ1v) is 6.18. The third-order valence-corrected chi connectivity index (χ3v) is 3.02. The van der Waals surface area contributed by atoms with Gasteiger partial charge in [0.1, 0.15) is 11.5 Å². The molecule has 18 heavy (non-hydrogen) atoms. The van der Waals surface area contributed by atoms with Gasteiger partial charge in [0.2, 0.25) is 0 Å². The molecule has 4 heteroatoms. The fourth-order valence-corrected chi connectivity index (χ4v) is 2.07. The van der Waals surface area contributed by atoms with Gasteiger partial charge in [-0.1, -0.05) is 0 Å². The first-order valence-electron chi connectivity index (χ1n) is 6.18. The van der Waals surface area contributed by atoms with Crippen molar-refractivity contribution >= 4 is 0 Å². The van der Waals surface area contributed by atoms with Crippen LogP contribution in [0.5, 0.6) is 0 Å². The van der Waals surface area contributed by atoms with Crippen LogP contribution in [-0.2, 0) is 0 Å². The Bertz CT molecular complexity index is 521. The van der Waals surface area contributed by atoms with Crippen molar-refractivity contribution in [1.82, 2.24) is 15.3 Å². The van der Waals surface area contributed by atoms with E-state index in [9.17, 15) is 0 Å². The van der Waals surface area contributed by atoms with E-state index in [1.54, 1.807) is 12.4 Å². The Hall–Kier alpha value is -1.68. The smallest absolute Gasteiger partial charge is 0.120 e. The van der Waals surface area contributed by atoms with Crippen LogP contribution in [0.3, 0.4) is 0 Å². The zero-order valence-corrected chi connectivity index (χ0v) is 11.3. The number of hydrogen-bond donors (Lipinski definition) is 1. The summed E-state index contributed by atoms with van der Waals surface area (Å²) in [7, 11) is 0. The molecule has 1 N–H and O–H groups in total. The van der Waals surface area contributed by atoms with E-state index in [4.69, 9.17) is 4.42 Å². The Balaban J connectivity index is 2.08. The molecule has 0 saturated carbocycles. The number of hydrogen-bond acceptors (Lipinski definition) is 4. The lowest BCUT2D eigenvalue weighted by Crippen LogP contribution is -2.23. The maximum atomic E-state index is 5.61. The highest BCUT2D eigenvalue weighted by atomic mass is 16.3. The van der Waals surface area contributed by atoms with Gasteiger partial charge in [-0.25, -0.2) is 0 Å². The topological polar surface area (TPSA) is 51.0 Å². The van der Waals surface area contributed by atoms with Crippen LogP contribution in [0.15, 0.2) is 28.9 Å². The second-order valence-electron chi connectivity index (χ2n) is 4.59. The summed E-state index contributed by atoms with van der Waals surface area (Å²) in [6, 6.07) is 4.27. The number of aryl methyl sites for hydroxylation is 2. The van der Waals surface area contributed by atoms with Crippen LogP contribution >= 0.6 is 0 Å². The van der Waals surface area contributed by atoms with Crippen molar-refractivity contribution in [3.05, 3.63) is 47.4 Å². The van der Waals surface area contributed by atoms with Gasteiger partial charge >= 0.3 is 0 Å². The standard InChI is InChI=1S/C14H19N3O/c1-9-5-6-13(18-9)10(2)17-12(4)14-11(3)15-7-8-16-14/h5-8,10,12,17H,1-4H3. The summed E-state index contributed by atoms with van der Waals surface area (Å²) in [6.07, 6.45) is 3.44. The summed E-state index contributed by atoms with van der Waals surface area (Å²) in [5, 5.41) is 3.47. The number of aromatic nitrogens is 2. The van der Waals surface area contributed by atoms with Gasteiger partial charge in [-0.3, -0.25) is 15.3 Å². The molecule has 0 fully saturated rings. The fourth-order valence-electron chi connectivity index (χ4n) is 2.07. The normalized spacial score (nSPS) is 14.4. The van der Waals surface area contributed by atoms with Gasteiger partial charge in [0.25, 0.3) is 0 Å². The van der Waals surface area contributed by atoms with Gasteiger partial charge in [-0.2, -0.15) is 0 Å². The largest absolute Gasteiger partial charge is 0.465 e. The van der Waals surface area contributed by atoms with Crippen LogP contribution in [0.2, 0.25) is 0 Å². The molecule has 2 heterocycles. The van der Waals surface area contributed by atoms with Crippen LogP contribution in [0.4, 0.5) is 0 Å². The third-order valence-electron chi connectivity index (χ3n) is 3.02. The minimum absolute atomic E-state index is 0.138. The van der Waals surface area contributed by atoms with Gasteiger partial charge in [-0.15, -0.1) is 0 Å². The van der Waals surface area contributed by atoms with Crippen molar-refractivity contribution in [3.8, 4) is 0 Å². The van der Waals surface area contributed by atoms with E-state index >= 15 is 0 Å². The maximum Gasteiger partial charge on any atom is 0.120 e. The SMILES string of the molecule is Cc1ccc(C(C)NC(C)c2nccnc2C)o1. The Morgan fingerprint density at radius 2 is 1.78 bits per heavy atom. The van der Waals surface area contributed by atoms with Gasteiger partial charge in [-0.05, 0) is 39.8 Å². The van der Waals surface area contributed by atoms with Crippen LogP contribution < -0.4 is 5.32 Å². The molecular weight excluding hydrogens is 226 g/mol. The molecule has 0 radical (unpaired) electrons. The zero-order valence-electron chi connectivity index (χ0n) is 11.3. The van der Waals surface area contributed by atoms with Crippen molar-refractivity contribution < 1.29 is 4.42 Å². The van der Waals surface area contributed by atoms with Crippen molar-refractivity contribution in [3.63, 3.8) is 0 Å². The summed E-state index contributed by atoms with van der Waals surface area (Å²) < 4.78 is 5.61. The molecule has 2 rings (SSSR count). The van der Waals surface area contributed by atoms with Crippen LogP contribution in [0.25, 0.3) is 0 Å².